The molecule has 0 unspecified atom stereocenters. The molecule has 0 amide bonds. The molecule has 1 rings (SSSR count). The molecule has 3 nitrogen and oxygen atoms in total. The molecule has 0 bridgehead atoms. The van der Waals surface area contributed by atoms with Gasteiger partial charge in [-0.15, -0.1) is 11.6 Å². The van der Waals surface area contributed by atoms with Gasteiger partial charge in [0, 0.05) is 16.1 Å². The van der Waals surface area contributed by atoms with Gasteiger partial charge in [-0.2, -0.15) is 0 Å². The van der Waals surface area contributed by atoms with E-state index in [1.807, 2.05) is 0 Å². The number of alkyl halides is 1. The largest absolute Gasteiger partial charge is 0.275 e. The van der Waals surface area contributed by atoms with E-state index in [0.29, 0.717) is 15.1 Å². The average Bonchev–Trinajstić information content (AvgIpc) is 2.08. The minimum absolute atomic E-state index is 0.0220. The summed E-state index contributed by atoms with van der Waals surface area (Å²) in [5.41, 5.74) is 0.395. The van der Waals surface area contributed by atoms with Gasteiger partial charge in [-0.25, -0.2) is 0 Å². The van der Waals surface area contributed by atoms with Crippen LogP contribution < -0.4 is 0 Å². The van der Waals surface area contributed by atoms with Gasteiger partial charge < -0.3 is 0 Å². The molecule has 13 heavy (non-hydrogen) atoms. The van der Waals surface area contributed by atoms with E-state index in [4.69, 9.17) is 23.2 Å². The van der Waals surface area contributed by atoms with Crippen molar-refractivity contribution in [3.63, 3.8) is 0 Å². The Labute approximate surface area is 92.9 Å². The maximum Gasteiger partial charge on any atom is 0.275 e. The molecule has 0 saturated heterocycles. The van der Waals surface area contributed by atoms with Crippen molar-refractivity contribution in [2.75, 3.05) is 0 Å². The van der Waals surface area contributed by atoms with E-state index in [-0.39, 0.29) is 11.6 Å². The number of hydrogen-bond donors (Lipinski definition) is 0. The van der Waals surface area contributed by atoms with Gasteiger partial charge in [0.05, 0.1) is 15.8 Å². The second-order valence-electron chi connectivity index (χ2n) is 2.29. The van der Waals surface area contributed by atoms with Crippen LogP contribution in [0.4, 0.5) is 5.69 Å². The lowest BCUT2D eigenvalue weighted by molar-refractivity contribution is -0.385. The van der Waals surface area contributed by atoms with E-state index in [0.717, 1.165) is 0 Å². The van der Waals surface area contributed by atoms with Crippen molar-refractivity contribution < 1.29 is 4.92 Å². The minimum atomic E-state index is -0.487. The normalized spacial score (nSPS) is 10.1. The minimum Gasteiger partial charge on any atom is -0.258 e. The van der Waals surface area contributed by atoms with Gasteiger partial charge in [0.2, 0.25) is 0 Å². The molecule has 70 valence electrons. The van der Waals surface area contributed by atoms with Crippen LogP contribution >= 0.6 is 39.1 Å². The molecule has 0 heterocycles. The molecule has 0 fully saturated rings. The molecule has 0 atom stereocenters. The van der Waals surface area contributed by atoms with Crippen LogP contribution in [0.5, 0.6) is 0 Å². The molecule has 0 radical (unpaired) electrons. The van der Waals surface area contributed by atoms with Gasteiger partial charge in [0.1, 0.15) is 0 Å². The standard InChI is InChI=1S/C7H4BrCl2NO2/c8-5-2-7(11(12)13)4(3-9)1-6(5)10/h1-2H,3H2. The molecule has 1 aromatic carbocycles. The summed E-state index contributed by atoms with van der Waals surface area (Å²) >= 11 is 14.4. The smallest absolute Gasteiger partial charge is 0.258 e. The van der Waals surface area contributed by atoms with Crippen LogP contribution in [-0.2, 0) is 5.88 Å². The molecular weight excluding hydrogens is 281 g/mol. The fourth-order valence-corrected chi connectivity index (χ4v) is 1.59. The second-order valence-corrected chi connectivity index (χ2v) is 3.81. The fraction of sp³-hybridized carbons (Fsp3) is 0.143. The van der Waals surface area contributed by atoms with Crippen molar-refractivity contribution in [2.24, 2.45) is 0 Å². The second kappa shape index (κ2) is 4.26. The number of nitro benzene ring substituents is 1. The van der Waals surface area contributed by atoms with Crippen molar-refractivity contribution in [1.82, 2.24) is 0 Å². The molecule has 0 saturated carbocycles. The highest BCUT2D eigenvalue weighted by atomic mass is 79.9. The van der Waals surface area contributed by atoms with Crippen molar-refractivity contribution in [1.29, 1.82) is 0 Å². The molecule has 6 heteroatoms. The number of nitro groups is 1. The lowest BCUT2D eigenvalue weighted by Gasteiger charge is -2.01. The summed E-state index contributed by atoms with van der Waals surface area (Å²) in [6, 6.07) is 2.83. The number of halogens is 3. The van der Waals surface area contributed by atoms with Crippen molar-refractivity contribution in [3.8, 4) is 0 Å². The quantitative estimate of drug-likeness (QED) is 0.472. The highest BCUT2D eigenvalue weighted by molar-refractivity contribution is 9.10. The Kier molecular flexibility index (Phi) is 3.53. The van der Waals surface area contributed by atoms with Crippen molar-refractivity contribution in [2.45, 2.75) is 5.88 Å². The first-order valence-electron chi connectivity index (χ1n) is 3.24. The van der Waals surface area contributed by atoms with Gasteiger partial charge in [-0.05, 0) is 22.0 Å². The SMILES string of the molecule is O=[N+]([O-])c1cc(Br)c(Cl)cc1CCl. The van der Waals surface area contributed by atoms with Gasteiger partial charge in [-0.3, -0.25) is 10.1 Å². The summed E-state index contributed by atoms with van der Waals surface area (Å²) < 4.78 is 0.495. The third-order valence-corrected chi connectivity index (χ3v) is 2.95. The molecule has 0 aliphatic carbocycles. The first-order valence-corrected chi connectivity index (χ1v) is 4.95. The maximum atomic E-state index is 10.5. The summed E-state index contributed by atoms with van der Waals surface area (Å²) in [7, 11) is 0. The summed E-state index contributed by atoms with van der Waals surface area (Å²) in [6.45, 7) is 0. The first-order chi connectivity index (χ1) is 6.06. The van der Waals surface area contributed by atoms with E-state index in [9.17, 15) is 10.1 Å². The summed E-state index contributed by atoms with van der Waals surface area (Å²) in [4.78, 5) is 10.0. The molecule has 0 aliphatic heterocycles. The molecule has 1 aromatic rings. The lowest BCUT2D eigenvalue weighted by Crippen LogP contribution is -1.93. The lowest BCUT2D eigenvalue weighted by atomic mass is 10.2. The molecule has 0 aromatic heterocycles. The maximum absolute atomic E-state index is 10.5. The summed E-state index contributed by atoms with van der Waals surface area (Å²) in [5, 5.41) is 10.9. The third kappa shape index (κ3) is 2.33. The predicted octanol–water partition coefficient (Wildman–Crippen LogP) is 3.75. The van der Waals surface area contributed by atoms with Crippen molar-refractivity contribution >= 4 is 44.8 Å². The van der Waals surface area contributed by atoms with E-state index in [1.54, 1.807) is 0 Å². The Morgan fingerprint density at radius 1 is 1.54 bits per heavy atom. The monoisotopic (exact) mass is 283 g/mol. The molecular formula is C7H4BrCl2NO2. The predicted molar refractivity (Wildman–Crippen MR) is 55.4 cm³/mol. The summed E-state index contributed by atoms with van der Waals surface area (Å²) in [5.74, 6) is 0.0727. The zero-order valence-corrected chi connectivity index (χ0v) is 9.36. The van der Waals surface area contributed by atoms with Gasteiger partial charge in [-0.1, -0.05) is 11.6 Å². The summed E-state index contributed by atoms with van der Waals surface area (Å²) in [6.07, 6.45) is 0. The first kappa shape index (κ1) is 10.8. The van der Waals surface area contributed by atoms with E-state index in [2.05, 4.69) is 15.9 Å². The van der Waals surface area contributed by atoms with E-state index in [1.165, 1.54) is 12.1 Å². The number of rotatable bonds is 2. The topological polar surface area (TPSA) is 43.1 Å². The van der Waals surface area contributed by atoms with E-state index >= 15 is 0 Å². The Morgan fingerprint density at radius 2 is 2.15 bits per heavy atom. The zero-order chi connectivity index (χ0) is 10.0. The molecule has 0 N–H and O–H groups in total. The Morgan fingerprint density at radius 3 is 2.62 bits per heavy atom. The highest BCUT2D eigenvalue weighted by Crippen LogP contribution is 2.31. The number of nitrogens with zero attached hydrogens (tertiary/aromatic N) is 1. The molecule has 0 spiro atoms. The number of hydrogen-bond acceptors (Lipinski definition) is 2. The van der Waals surface area contributed by atoms with Crippen LogP contribution in [0.3, 0.4) is 0 Å². The van der Waals surface area contributed by atoms with Crippen LogP contribution in [0.25, 0.3) is 0 Å². The van der Waals surface area contributed by atoms with Crippen LogP contribution in [0.1, 0.15) is 5.56 Å². The van der Waals surface area contributed by atoms with Crippen LogP contribution in [0, 0.1) is 10.1 Å². The van der Waals surface area contributed by atoms with Crippen molar-refractivity contribution in [3.05, 3.63) is 37.3 Å². The van der Waals surface area contributed by atoms with Gasteiger partial charge in [0.15, 0.2) is 0 Å². The zero-order valence-electron chi connectivity index (χ0n) is 6.26. The van der Waals surface area contributed by atoms with E-state index < -0.39 is 4.92 Å². The highest BCUT2D eigenvalue weighted by Gasteiger charge is 2.15. The Hall–Kier alpha value is -0.320. The van der Waals surface area contributed by atoms with Crippen LogP contribution in [-0.4, -0.2) is 4.92 Å². The molecule has 0 aliphatic rings. The van der Waals surface area contributed by atoms with Crippen LogP contribution in [0.2, 0.25) is 5.02 Å². The van der Waals surface area contributed by atoms with Crippen LogP contribution in [0.15, 0.2) is 16.6 Å². The Bertz CT molecular complexity index is 357. The van der Waals surface area contributed by atoms with Gasteiger partial charge >= 0.3 is 0 Å². The number of benzene rings is 1. The average molecular weight is 285 g/mol. The Balaban J connectivity index is 3.33. The fourth-order valence-electron chi connectivity index (χ4n) is 0.855. The van der Waals surface area contributed by atoms with Gasteiger partial charge in [0.25, 0.3) is 5.69 Å². The third-order valence-electron chi connectivity index (χ3n) is 1.46.